The first-order valence-corrected chi connectivity index (χ1v) is 6.78. The summed E-state index contributed by atoms with van der Waals surface area (Å²) in [6, 6.07) is 0. The Morgan fingerprint density at radius 3 is 3.11 bits per heavy atom. The summed E-state index contributed by atoms with van der Waals surface area (Å²) in [7, 11) is 2.13. The van der Waals surface area contributed by atoms with Crippen LogP contribution in [0, 0.1) is 5.92 Å². The molecule has 1 aromatic heterocycles. The smallest absolute Gasteiger partial charge is 0.360 e. The van der Waals surface area contributed by atoms with Gasteiger partial charge in [0.25, 0.3) is 0 Å². The Balaban J connectivity index is 2.03. The number of ether oxygens (including phenoxy) is 1. The van der Waals surface area contributed by atoms with Crippen molar-refractivity contribution in [1.29, 1.82) is 0 Å². The fraction of sp³-hybridized carbons (Fsp3) is 0.692. The number of nitrogens with two attached hydrogens (primary N) is 1. The van der Waals surface area contributed by atoms with Gasteiger partial charge in [0.05, 0.1) is 12.9 Å². The van der Waals surface area contributed by atoms with Gasteiger partial charge in [0.15, 0.2) is 5.69 Å². The summed E-state index contributed by atoms with van der Waals surface area (Å²) in [4.78, 5) is 18.0. The quantitative estimate of drug-likeness (QED) is 0.822. The molecular formula is C13H22N4O2. The number of nitrogen functional groups attached to an aromatic ring is 1. The van der Waals surface area contributed by atoms with Crippen LogP contribution in [0.15, 0.2) is 6.33 Å². The van der Waals surface area contributed by atoms with Crippen LogP contribution < -0.4 is 5.73 Å². The normalized spacial score (nSPS) is 20.4. The van der Waals surface area contributed by atoms with E-state index < -0.39 is 5.97 Å². The second kappa shape index (κ2) is 6.06. The molecule has 0 radical (unpaired) electrons. The fourth-order valence-corrected chi connectivity index (χ4v) is 2.59. The number of carbonyl (C=O) groups is 1. The first-order valence-electron chi connectivity index (χ1n) is 6.78. The van der Waals surface area contributed by atoms with Crippen LogP contribution >= 0.6 is 0 Å². The highest BCUT2D eigenvalue weighted by Gasteiger charge is 2.21. The lowest BCUT2D eigenvalue weighted by atomic mass is 9.98. The zero-order valence-electron chi connectivity index (χ0n) is 11.6. The lowest BCUT2D eigenvalue weighted by Gasteiger charge is -2.29. The zero-order chi connectivity index (χ0) is 13.8. The van der Waals surface area contributed by atoms with Gasteiger partial charge in [-0.25, -0.2) is 9.78 Å². The number of rotatable bonds is 4. The molecule has 1 unspecified atom stereocenters. The monoisotopic (exact) mass is 266 g/mol. The summed E-state index contributed by atoms with van der Waals surface area (Å²) in [6.45, 7) is 5.13. The van der Waals surface area contributed by atoms with Gasteiger partial charge in [-0.3, -0.25) is 0 Å². The molecule has 2 N–H and O–H groups in total. The molecule has 0 aromatic carbocycles. The summed E-state index contributed by atoms with van der Waals surface area (Å²) in [5, 5.41) is 0. The molecular weight excluding hydrogens is 244 g/mol. The number of anilines is 1. The third-order valence-corrected chi connectivity index (χ3v) is 3.52. The van der Waals surface area contributed by atoms with E-state index >= 15 is 0 Å². The number of hydrogen-bond donors (Lipinski definition) is 1. The molecule has 1 fully saturated rings. The van der Waals surface area contributed by atoms with Gasteiger partial charge >= 0.3 is 5.97 Å². The zero-order valence-corrected chi connectivity index (χ0v) is 11.6. The fourth-order valence-electron chi connectivity index (χ4n) is 2.59. The molecule has 0 saturated carbocycles. The molecule has 2 heterocycles. The number of likely N-dealkylation sites (tertiary alicyclic amines) is 1. The largest absolute Gasteiger partial charge is 0.461 e. The molecule has 6 heteroatoms. The van der Waals surface area contributed by atoms with Gasteiger partial charge < -0.3 is 19.9 Å². The lowest BCUT2D eigenvalue weighted by molar-refractivity contribution is 0.0521. The van der Waals surface area contributed by atoms with Crippen molar-refractivity contribution in [3.63, 3.8) is 0 Å². The van der Waals surface area contributed by atoms with Gasteiger partial charge in [-0.2, -0.15) is 0 Å². The van der Waals surface area contributed by atoms with Crippen molar-refractivity contribution in [2.24, 2.45) is 5.92 Å². The summed E-state index contributed by atoms with van der Waals surface area (Å²) >= 11 is 0. The highest BCUT2D eigenvalue weighted by atomic mass is 16.5. The molecule has 0 spiro atoms. The molecule has 0 aliphatic carbocycles. The van der Waals surface area contributed by atoms with Crippen molar-refractivity contribution in [3.05, 3.63) is 12.0 Å². The van der Waals surface area contributed by atoms with Crippen LogP contribution in [0.5, 0.6) is 0 Å². The van der Waals surface area contributed by atoms with Gasteiger partial charge in [0.2, 0.25) is 0 Å². The van der Waals surface area contributed by atoms with E-state index in [-0.39, 0.29) is 5.69 Å². The van der Waals surface area contributed by atoms with E-state index in [1.807, 2.05) is 4.57 Å². The lowest BCUT2D eigenvalue weighted by Crippen LogP contribution is -2.34. The molecule has 0 bridgehead atoms. The van der Waals surface area contributed by atoms with Crippen molar-refractivity contribution in [2.45, 2.75) is 26.3 Å². The minimum atomic E-state index is -0.445. The van der Waals surface area contributed by atoms with Crippen LogP contribution in [-0.2, 0) is 11.3 Å². The van der Waals surface area contributed by atoms with Gasteiger partial charge in [0.1, 0.15) is 5.82 Å². The van der Waals surface area contributed by atoms with Gasteiger partial charge in [-0.15, -0.1) is 0 Å². The van der Waals surface area contributed by atoms with E-state index in [4.69, 9.17) is 10.5 Å². The molecule has 1 saturated heterocycles. The first kappa shape index (κ1) is 13.9. The molecule has 1 aliphatic heterocycles. The van der Waals surface area contributed by atoms with Gasteiger partial charge in [-0.1, -0.05) is 0 Å². The maximum atomic E-state index is 11.6. The van der Waals surface area contributed by atoms with Crippen molar-refractivity contribution >= 4 is 11.8 Å². The second-order valence-corrected chi connectivity index (χ2v) is 5.12. The number of aromatic nitrogens is 2. The number of piperidine rings is 1. The molecule has 19 heavy (non-hydrogen) atoms. The Kier molecular flexibility index (Phi) is 4.42. The average molecular weight is 266 g/mol. The van der Waals surface area contributed by atoms with E-state index in [1.165, 1.54) is 12.8 Å². The van der Waals surface area contributed by atoms with Crippen LogP contribution in [0.4, 0.5) is 5.82 Å². The van der Waals surface area contributed by atoms with Crippen LogP contribution in [0.25, 0.3) is 0 Å². The molecule has 2 rings (SSSR count). The SMILES string of the molecule is CCOC(=O)c1ncn(CC2CCCN(C)C2)c1N. The van der Waals surface area contributed by atoms with Crippen molar-refractivity contribution < 1.29 is 9.53 Å². The van der Waals surface area contributed by atoms with Crippen LogP contribution in [0.1, 0.15) is 30.3 Å². The van der Waals surface area contributed by atoms with Crippen molar-refractivity contribution in [2.75, 3.05) is 32.5 Å². The summed E-state index contributed by atoms with van der Waals surface area (Å²) in [5.74, 6) is 0.525. The van der Waals surface area contributed by atoms with E-state index in [9.17, 15) is 4.79 Å². The molecule has 106 valence electrons. The maximum Gasteiger partial charge on any atom is 0.360 e. The van der Waals surface area contributed by atoms with Crippen LogP contribution in [-0.4, -0.2) is 47.2 Å². The molecule has 6 nitrogen and oxygen atoms in total. The predicted octanol–water partition coefficient (Wildman–Crippen LogP) is 0.984. The molecule has 1 atom stereocenters. The minimum absolute atomic E-state index is 0.228. The minimum Gasteiger partial charge on any atom is -0.461 e. The van der Waals surface area contributed by atoms with Crippen molar-refractivity contribution in [3.8, 4) is 0 Å². The highest BCUT2D eigenvalue weighted by molar-refractivity contribution is 5.92. The van der Waals surface area contributed by atoms with Crippen LogP contribution in [0.3, 0.4) is 0 Å². The Hall–Kier alpha value is -1.56. The Morgan fingerprint density at radius 2 is 2.42 bits per heavy atom. The number of hydrogen-bond acceptors (Lipinski definition) is 5. The van der Waals surface area contributed by atoms with E-state index in [0.717, 1.165) is 19.6 Å². The maximum absolute atomic E-state index is 11.6. The standard InChI is InChI=1S/C13H22N4O2/c1-3-19-13(18)11-12(14)17(9-15-11)8-10-5-4-6-16(2)7-10/h9-10H,3-8,14H2,1-2H3. The van der Waals surface area contributed by atoms with E-state index in [1.54, 1.807) is 13.3 Å². The van der Waals surface area contributed by atoms with Crippen LogP contribution in [0.2, 0.25) is 0 Å². The highest BCUT2D eigenvalue weighted by Crippen LogP contribution is 2.20. The third-order valence-electron chi connectivity index (χ3n) is 3.52. The topological polar surface area (TPSA) is 73.4 Å². The molecule has 1 aliphatic rings. The number of esters is 1. The third kappa shape index (κ3) is 3.26. The van der Waals surface area contributed by atoms with Crippen molar-refractivity contribution in [1.82, 2.24) is 14.5 Å². The first-order chi connectivity index (χ1) is 9.11. The number of nitrogens with zero attached hydrogens (tertiary/aromatic N) is 3. The summed E-state index contributed by atoms with van der Waals surface area (Å²) < 4.78 is 6.78. The van der Waals surface area contributed by atoms with Gasteiger partial charge in [-0.05, 0) is 39.3 Å². The molecule has 0 amide bonds. The Morgan fingerprint density at radius 1 is 1.63 bits per heavy atom. The average Bonchev–Trinajstić information content (AvgIpc) is 2.71. The summed E-state index contributed by atoms with van der Waals surface area (Å²) in [5.41, 5.74) is 6.20. The number of carbonyl (C=O) groups excluding carboxylic acids is 1. The van der Waals surface area contributed by atoms with Gasteiger partial charge in [0, 0.05) is 13.1 Å². The Labute approximate surface area is 113 Å². The number of imidazole rings is 1. The summed E-state index contributed by atoms with van der Waals surface area (Å²) in [6.07, 6.45) is 4.04. The Bertz CT molecular complexity index is 444. The second-order valence-electron chi connectivity index (χ2n) is 5.12. The molecule has 1 aromatic rings. The van der Waals surface area contributed by atoms with E-state index in [0.29, 0.717) is 18.3 Å². The predicted molar refractivity (Wildman–Crippen MR) is 72.8 cm³/mol. The van der Waals surface area contributed by atoms with E-state index in [2.05, 4.69) is 16.9 Å².